The molecule has 1 aliphatic carbocycles. The molecular formula is C16H25NO. The van der Waals surface area contributed by atoms with Crippen LogP contribution in [0.25, 0.3) is 0 Å². The van der Waals surface area contributed by atoms with Crippen molar-refractivity contribution in [1.29, 1.82) is 0 Å². The quantitative estimate of drug-likeness (QED) is 0.799. The van der Waals surface area contributed by atoms with Gasteiger partial charge in [0.15, 0.2) is 0 Å². The Labute approximate surface area is 111 Å². The van der Waals surface area contributed by atoms with E-state index < -0.39 is 0 Å². The van der Waals surface area contributed by atoms with Crippen LogP contribution in [0.4, 0.5) is 0 Å². The average molecular weight is 247 g/mol. The summed E-state index contributed by atoms with van der Waals surface area (Å²) < 4.78 is 5.61. The smallest absolute Gasteiger partial charge is 0.0721 e. The molecule has 0 amide bonds. The fourth-order valence-electron chi connectivity index (χ4n) is 3.12. The second kappa shape index (κ2) is 6.35. The van der Waals surface area contributed by atoms with Crippen LogP contribution in [-0.4, -0.2) is 25.8 Å². The minimum absolute atomic E-state index is 0.331. The molecule has 3 unspecified atom stereocenters. The van der Waals surface area contributed by atoms with Gasteiger partial charge in [0.1, 0.15) is 0 Å². The Bertz CT molecular complexity index is 373. The fourth-order valence-corrected chi connectivity index (χ4v) is 3.12. The van der Waals surface area contributed by atoms with E-state index in [0.29, 0.717) is 12.1 Å². The fraction of sp³-hybridized carbons (Fsp3) is 0.625. The van der Waals surface area contributed by atoms with Crippen LogP contribution < -0.4 is 5.32 Å². The van der Waals surface area contributed by atoms with E-state index in [4.69, 9.17) is 4.74 Å². The Morgan fingerprint density at radius 2 is 2.11 bits per heavy atom. The zero-order valence-corrected chi connectivity index (χ0v) is 11.8. The zero-order chi connectivity index (χ0) is 13.0. The summed E-state index contributed by atoms with van der Waals surface area (Å²) in [7, 11) is 1.83. The molecule has 0 fully saturated rings. The number of fused-ring (bicyclic) bond motifs is 1. The molecule has 0 saturated heterocycles. The normalized spacial score (nSPS) is 20.9. The Morgan fingerprint density at radius 3 is 2.72 bits per heavy atom. The van der Waals surface area contributed by atoms with Gasteiger partial charge >= 0.3 is 0 Å². The SMILES string of the molecule is CCNC(CC1Cc2ccccc21)C(CC)OC. The highest BCUT2D eigenvalue weighted by molar-refractivity contribution is 5.39. The molecule has 0 aliphatic heterocycles. The molecule has 3 atom stereocenters. The lowest BCUT2D eigenvalue weighted by molar-refractivity contribution is 0.0598. The first-order valence-electron chi connectivity index (χ1n) is 7.14. The molecule has 1 N–H and O–H groups in total. The van der Waals surface area contributed by atoms with Crippen LogP contribution in [0.1, 0.15) is 43.7 Å². The minimum Gasteiger partial charge on any atom is -0.380 e. The van der Waals surface area contributed by atoms with Crippen LogP contribution in [0.2, 0.25) is 0 Å². The topological polar surface area (TPSA) is 21.3 Å². The van der Waals surface area contributed by atoms with E-state index in [2.05, 4.69) is 43.4 Å². The van der Waals surface area contributed by atoms with Crippen molar-refractivity contribution in [2.45, 2.75) is 51.2 Å². The summed E-state index contributed by atoms with van der Waals surface area (Å²) in [6, 6.07) is 9.30. The molecule has 0 bridgehead atoms. The van der Waals surface area contributed by atoms with Gasteiger partial charge in [-0.05, 0) is 42.9 Å². The van der Waals surface area contributed by atoms with Gasteiger partial charge < -0.3 is 10.1 Å². The maximum absolute atomic E-state index is 5.61. The van der Waals surface area contributed by atoms with Crippen LogP contribution in [0.15, 0.2) is 24.3 Å². The molecule has 1 aliphatic rings. The van der Waals surface area contributed by atoms with E-state index in [1.54, 1.807) is 5.56 Å². The van der Waals surface area contributed by atoms with Crippen LogP contribution >= 0.6 is 0 Å². The Kier molecular flexibility index (Phi) is 4.79. The van der Waals surface area contributed by atoms with Gasteiger partial charge in [-0.2, -0.15) is 0 Å². The van der Waals surface area contributed by atoms with Crippen LogP contribution in [-0.2, 0) is 11.2 Å². The van der Waals surface area contributed by atoms with Crippen LogP contribution in [0.3, 0.4) is 0 Å². The van der Waals surface area contributed by atoms with Crippen molar-refractivity contribution in [3.05, 3.63) is 35.4 Å². The number of likely N-dealkylation sites (N-methyl/N-ethyl adjacent to an activating group) is 1. The van der Waals surface area contributed by atoms with E-state index in [-0.39, 0.29) is 0 Å². The summed E-state index contributed by atoms with van der Waals surface area (Å²) in [6.45, 7) is 5.39. The molecule has 1 aromatic carbocycles. The van der Waals surface area contributed by atoms with Gasteiger partial charge in [-0.1, -0.05) is 38.1 Å². The number of rotatable bonds is 7. The molecular weight excluding hydrogens is 222 g/mol. The summed E-state index contributed by atoms with van der Waals surface area (Å²) in [6.07, 6.45) is 3.83. The molecule has 0 radical (unpaired) electrons. The number of benzene rings is 1. The van der Waals surface area contributed by atoms with Crippen LogP contribution in [0, 0.1) is 0 Å². The van der Waals surface area contributed by atoms with Crippen molar-refractivity contribution in [1.82, 2.24) is 5.32 Å². The predicted molar refractivity (Wildman–Crippen MR) is 76.1 cm³/mol. The Balaban J connectivity index is 1.99. The molecule has 2 rings (SSSR count). The highest BCUT2D eigenvalue weighted by atomic mass is 16.5. The lowest BCUT2D eigenvalue weighted by Crippen LogP contribution is -2.42. The molecule has 0 aromatic heterocycles. The Morgan fingerprint density at radius 1 is 1.33 bits per heavy atom. The van der Waals surface area contributed by atoms with Crippen molar-refractivity contribution in [2.75, 3.05) is 13.7 Å². The molecule has 0 spiro atoms. The number of hydrogen-bond donors (Lipinski definition) is 1. The molecule has 2 heteroatoms. The number of nitrogens with one attached hydrogen (secondary N) is 1. The molecule has 18 heavy (non-hydrogen) atoms. The van der Waals surface area contributed by atoms with Gasteiger partial charge in [-0.25, -0.2) is 0 Å². The lowest BCUT2D eigenvalue weighted by Gasteiger charge is -2.35. The summed E-state index contributed by atoms with van der Waals surface area (Å²) in [5.41, 5.74) is 3.08. The molecule has 100 valence electrons. The standard InChI is InChI=1S/C16H25NO/c1-4-16(18-3)15(17-5-2)11-13-10-12-8-6-7-9-14(12)13/h6-9,13,15-17H,4-5,10-11H2,1-3H3. The maximum Gasteiger partial charge on any atom is 0.0721 e. The summed E-state index contributed by atoms with van der Waals surface area (Å²) in [5, 5.41) is 3.59. The molecule has 1 aromatic rings. The van der Waals surface area contributed by atoms with Gasteiger partial charge in [0, 0.05) is 13.2 Å². The van der Waals surface area contributed by atoms with E-state index >= 15 is 0 Å². The summed E-state index contributed by atoms with van der Waals surface area (Å²) >= 11 is 0. The highest BCUT2D eigenvalue weighted by Gasteiger charge is 2.30. The van der Waals surface area contributed by atoms with Crippen molar-refractivity contribution >= 4 is 0 Å². The van der Waals surface area contributed by atoms with Crippen molar-refractivity contribution < 1.29 is 4.74 Å². The Hall–Kier alpha value is -0.860. The van der Waals surface area contributed by atoms with E-state index in [9.17, 15) is 0 Å². The molecule has 2 nitrogen and oxygen atoms in total. The third kappa shape index (κ3) is 2.76. The van der Waals surface area contributed by atoms with Crippen molar-refractivity contribution in [3.63, 3.8) is 0 Å². The van der Waals surface area contributed by atoms with Gasteiger partial charge in [0.25, 0.3) is 0 Å². The van der Waals surface area contributed by atoms with E-state index in [1.165, 1.54) is 18.4 Å². The average Bonchev–Trinajstić information content (AvgIpc) is 2.37. The third-order valence-electron chi connectivity index (χ3n) is 4.12. The monoisotopic (exact) mass is 247 g/mol. The zero-order valence-electron chi connectivity index (χ0n) is 11.8. The highest BCUT2D eigenvalue weighted by Crippen LogP contribution is 2.38. The van der Waals surface area contributed by atoms with Crippen molar-refractivity contribution in [2.24, 2.45) is 0 Å². The van der Waals surface area contributed by atoms with Gasteiger partial charge in [0.2, 0.25) is 0 Å². The van der Waals surface area contributed by atoms with Gasteiger partial charge in [-0.3, -0.25) is 0 Å². The third-order valence-corrected chi connectivity index (χ3v) is 4.12. The van der Waals surface area contributed by atoms with Gasteiger partial charge in [0.05, 0.1) is 6.10 Å². The first-order chi connectivity index (χ1) is 8.80. The number of hydrogen-bond acceptors (Lipinski definition) is 2. The number of ether oxygens (including phenoxy) is 1. The molecule has 0 saturated carbocycles. The van der Waals surface area contributed by atoms with Crippen molar-refractivity contribution in [3.8, 4) is 0 Å². The summed E-state index contributed by atoms with van der Waals surface area (Å²) in [5.74, 6) is 0.717. The number of methoxy groups -OCH3 is 1. The maximum atomic E-state index is 5.61. The minimum atomic E-state index is 0.331. The lowest BCUT2D eigenvalue weighted by atomic mass is 9.74. The summed E-state index contributed by atoms with van der Waals surface area (Å²) in [4.78, 5) is 0. The molecule has 0 heterocycles. The largest absolute Gasteiger partial charge is 0.380 e. The predicted octanol–water partition coefficient (Wildman–Crippen LogP) is 3.12. The first kappa shape index (κ1) is 13.6. The second-order valence-corrected chi connectivity index (χ2v) is 5.18. The van der Waals surface area contributed by atoms with E-state index in [0.717, 1.165) is 18.9 Å². The van der Waals surface area contributed by atoms with Gasteiger partial charge in [-0.15, -0.1) is 0 Å². The van der Waals surface area contributed by atoms with E-state index in [1.807, 2.05) is 7.11 Å². The second-order valence-electron chi connectivity index (χ2n) is 5.18. The van der Waals surface area contributed by atoms with Crippen LogP contribution in [0.5, 0.6) is 0 Å². The first-order valence-corrected chi connectivity index (χ1v) is 7.14.